The number of anilines is 1. The molecular weight excluding hydrogens is 296 g/mol. The van der Waals surface area contributed by atoms with E-state index in [1.807, 2.05) is 7.05 Å². The fourth-order valence-corrected chi connectivity index (χ4v) is 2.42. The van der Waals surface area contributed by atoms with Crippen LogP contribution in [0.2, 0.25) is 0 Å². The van der Waals surface area contributed by atoms with Gasteiger partial charge in [-0.1, -0.05) is 0 Å². The summed E-state index contributed by atoms with van der Waals surface area (Å²) in [7, 11) is 3.62. The van der Waals surface area contributed by atoms with E-state index in [1.165, 1.54) is 25.9 Å². The zero-order valence-electron chi connectivity index (χ0n) is 10.9. The zero-order chi connectivity index (χ0) is 13.0. The van der Waals surface area contributed by atoms with E-state index in [-0.39, 0.29) is 0 Å². The highest BCUT2D eigenvalue weighted by atomic mass is 79.9. The number of ether oxygens (including phenoxy) is 1. The Morgan fingerprint density at radius 2 is 2.17 bits per heavy atom. The van der Waals surface area contributed by atoms with Crippen molar-refractivity contribution < 1.29 is 4.74 Å². The van der Waals surface area contributed by atoms with Crippen molar-refractivity contribution in [3.05, 3.63) is 10.7 Å². The molecule has 1 fully saturated rings. The summed E-state index contributed by atoms with van der Waals surface area (Å²) in [5, 5.41) is 0. The minimum atomic E-state index is 0.577. The van der Waals surface area contributed by atoms with Crippen LogP contribution in [0, 0.1) is 0 Å². The van der Waals surface area contributed by atoms with Crippen LogP contribution in [0.5, 0.6) is 5.88 Å². The molecule has 1 aromatic rings. The van der Waals surface area contributed by atoms with Crippen LogP contribution in [0.15, 0.2) is 10.7 Å². The number of halogens is 1. The van der Waals surface area contributed by atoms with Crippen LogP contribution in [0.25, 0.3) is 0 Å². The van der Waals surface area contributed by atoms with Gasteiger partial charge in [-0.25, -0.2) is 4.98 Å². The second-order valence-corrected chi connectivity index (χ2v) is 5.35. The third-order valence-electron chi connectivity index (χ3n) is 3.18. The van der Waals surface area contributed by atoms with Gasteiger partial charge in [0.05, 0.1) is 17.8 Å². The molecular formula is C12H19BrN4O. The quantitative estimate of drug-likeness (QED) is 0.828. The van der Waals surface area contributed by atoms with Gasteiger partial charge in [0, 0.05) is 20.1 Å². The Balaban J connectivity index is 1.93. The summed E-state index contributed by atoms with van der Waals surface area (Å²) >= 11 is 3.36. The monoisotopic (exact) mass is 314 g/mol. The Bertz CT molecular complexity index is 396. The molecule has 1 aliphatic heterocycles. The largest absolute Gasteiger partial charge is 0.480 e. The first-order valence-electron chi connectivity index (χ1n) is 6.20. The summed E-state index contributed by atoms with van der Waals surface area (Å²) in [6, 6.07) is 0. The van der Waals surface area contributed by atoms with E-state index in [4.69, 9.17) is 4.74 Å². The molecule has 100 valence electrons. The first-order chi connectivity index (χ1) is 8.70. The molecule has 2 heterocycles. The Morgan fingerprint density at radius 3 is 2.83 bits per heavy atom. The van der Waals surface area contributed by atoms with Gasteiger partial charge in [-0.2, -0.15) is 4.98 Å². The molecule has 18 heavy (non-hydrogen) atoms. The van der Waals surface area contributed by atoms with Gasteiger partial charge < -0.3 is 14.5 Å². The topological polar surface area (TPSA) is 41.5 Å². The maximum atomic E-state index is 5.18. The second kappa shape index (κ2) is 6.33. The van der Waals surface area contributed by atoms with Crippen molar-refractivity contribution in [2.45, 2.75) is 12.8 Å². The number of methoxy groups -OCH3 is 1. The first-order valence-corrected chi connectivity index (χ1v) is 7.00. The molecule has 0 aliphatic carbocycles. The maximum absolute atomic E-state index is 5.18. The van der Waals surface area contributed by atoms with Gasteiger partial charge in [0.2, 0.25) is 11.8 Å². The van der Waals surface area contributed by atoms with Gasteiger partial charge in [0.25, 0.3) is 0 Å². The number of hydrogen-bond donors (Lipinski definition) is 0. The molecule has 0 saturated carbocycles. The lowest BCUT2D eigenvalue weighted by Gasteiger charge is -2.21. The Labute approximate surface area is 116 Å². The predicted molar refractivity (Wildman–Crippen MR) is 75.2 cm³/mol. The SMILES string of the molecule is COc1nc(N(C)CCN2CCCC2)ncc1Br. The molecule has 6 heteroatoms. The number of hydrogen-bond acceptors (Lipinski definition) is 5. The summed E-state index contributed by atoms with van der Waals surface area (Å²) in [5.41, 5.74) is 0. The van der Waals surface area contributed by atoms with Crippen LogP contribution in [-0.2, 0) is 0 Å². The van der Waals surface area contributed by atoms with Crippen LogP contribution in [-0.4, -0.2) is 55.2 Å². The van der Waals surface area contributed by atoms with E-state index < -0.39 is 0 Å². The average molecular weight is 315 g/mol. The summed E-state index contributed by atoms with van der Waals surface area (Å²) in [4.78, 5) is 13.2. The molecule has 2 rings (SSSR count). The minimum absolute atomic E-state index is 0.577. The normalized spacial score (nSPS) is 15.9. The minimum Gasteiger partial charge on any atom is -0.480 e. The fourth-order valence-electron chi connectivity index (χ4n) is 2.07. The summed E-state index contributed by atoms with van der Waals surface area (Å²) in [6.07, 6.45) is 4.38. The molecule has 0 N–H and O–H groups in total. The van der Waals surface area contributed by atoms with Crippen LogP contribution < -0.4 is 9.64 Å². The Morgan fingerprint density at radius 1 is 1.44 bits per heavy atom. The molecule has 0 atom stereocenters. The zero-order valence-corrected chi connectivity index (χ0v) is 12.5. The number of likely N-dealkylation sites (tertiary alicyclic amines) is 1. The molecule has 0 bridgehead atoms. The van der Waals surface area contributed by atoms with E-state index in [2.05, 4.69) is 35.7 Å². The van der Waals surface area contributed by atoms with Crippen LogP contribution in [0.3, 0.4) is 0 Å². The van der Waals surface area contributed by atoms with Gasteiger partial charge in [-0.3, -0.25) is 0 Å². The second-order valence-electron chi connectivity index (χ2n) is 4.50. The third-order valence-corrected chi connectivity index (χ3v) is 3.73. The highest BCUT2D eigenvalue weighted by Crippen LogP contribution is 2.22. The first kappa shape index (κ1) is 13.5. The van der Waals surface area contributed by atoms with E-state index in [9.17, 15) is 0 Å². The van der Waals surface area contributed by atoms with E-state index in [0.29, 0.717) is 11.8 Å². The molecule has 0 aromatic carbocycles. The number of likely N-dealkylation sites (N-methyl/N-ethyl adjacent to an activating group) is 1. The van der Waals surface area contributed by atoms with Crippen molar-refractivity contribution in [1.29, 1.82) is 0 Å². The molecule has 5 nitrogen and oxygen atoms in total. The van der Waals surface area contributed by atoms with Crippen molar-refractivity contribution in [3.63, 3.8) is 0 Å². The Kier molecular flexibility index (Phi) is 4.77. The lowest BCUT2D eigenvalue weighted by molar-refractivity contribution is 0.345. The van der Waals surface area contributed by atoms with Crippen molar-refractivity contribution in [3.8, 4) is 5.88 Å². The molecule has 0 unspecified atom stereocenters. The summed E-state index contributed by atoms with van der Waals surface area (Å²) < 4.78 is 5.96. The van der Waals surface area contributed by atoms with Crippen LogP contribution in [0.1, 0.15) is 12.8 Å². The van der Waals surface area contributed by atoms with Crippen LogP contribution in [0.4, 0.5) is 5.95 Å². The predicted octanol–water partition coefficient (Wildman–Crippen LogP) is 1.78. The highest BCUT2D eigenvalue weighted by Gasteiger charge is 2.13. The highest BCUT2D eigenvalue weighted by molar-refractivity contribution is 9.10. The average Bonchev–Trinajstić information content (AvgIpc) is 2.89. The summed E-state index contributed by atoms with van der Waals surface area (Å²) in [5.74, 6) is 1.28. The van der Waals surface area contributed by atoms with Crippen molar-refractivity contribution in [2.24, 2.45) is 0 Å². The molecule has 1 saturated heterocycles. The molecule has 0 spiro atoms. The van der Waals surface area contributed by atoms with Gasteiger partial charge in [0.1, 0.15) is 0 Å². The molecule has 0 amide bonds. The molecule has 0 radical (unpaired) electrons. The lowest BCUT2D eigenvalue weighted by atomic mass is 10.4. The van der Waals surface area contributed by atoms with Crippen LogP contribution >= 0.6 is 15.9 Å². The lowest BCUT2D eigenvalue weighted by Crippen LogP contribution is -2.32. The van der Waals surface area contributed by atoms with E-state index >= 15 is 0 Å². The maximum Gasteiger partial charge on any atom is 0.232 e. The fraction of sp³-hybridized carbons (Fsp3) is 0.667. The van der Waals surface area contributed by atoms with E-state index in [0.717, 1.165) is 17.6 Å². The number of nitrogens with zero attached hydrogens (tertiary/aromatic N) is 4. The third kappa shape index (κ3) is 3.32. The van der Waals surface area contributed by atoms with Crippen molar-refractivity contribution >= 4 is 21.9 Å². The molecule has 1 aromatic heterocycles. The van der Waals surface area contributed by atoms with Crippen molar-refractivity contribution in [2.75, 3.05) is 45.2 Å². The number of aromatic nitrogens is 2. The van der Waals surface area contributed by atoms with Gasteiger partial charge in [-0.05, 0) is 41.9 Å². The smallest absolute Gasteiger partial charge is 0.232 e. The van der Waals surface area contributed by atoms with Gasteiger partial charge in [0.15, 0.2) is 0 Å². The van der Waals surface area contributed by atoms with Gasteiger partial charge in [-0.15, -0.1) is 0 Å². The van der Waals surface area contributed by atoms with Crippen molar-refractivity contribution in [1.82, 2.24) is 14.9 Å². The Hall–Kier alpha value is -0.880. The summed E-state index contributed by atoms with van der Waals surface area (Å²) in [6.45, 7) is 4.44. The molecule has 1 aliphatic rings. The van der Waals surface area contributed by atoms with Gasteiger partial charge >= 0.3 is 0 Å². The standard InChI is InChI=1S/C12H19BrN4O/c1-16(7-8-17-5-3-4-6-17)12-14-9-10(13)11(15-12)18-2/h9H,3-8H2,1-2H3. The van der Waals surface area contributed by atoms with E-state index in [1.54, 1.807) is 13.3 Å². The number of rotatable bonds is 5.